The fourth-order valence-corrected chi connectivity index (χ4v) is 5.99. The van der Waals surface area contributed by atoms with E-state index < -0.39 is 28.5 Å². The lowest BCUT2D eigenvalue weighted by Crippen LogP contribution is -2.54. The van der Waals surface area contributed by atoms with Gasteiger partial charge in [0.05, 0.1) is 10.6 Å². The highest BCUT2D eigenvalue weighted by atomic mass is 79.9. The molecule has 214 valence electrons. The van der Waals surface area contributed by atoms with Crippen LogP contribution in [0.2, 0.25) is 0 Å². The quantitative estimate of drug-likeness (QED) is 0.263. The number of sulfonamides is 1. The molecule has 0 aliphatic heterocycles. The minimum atomic E-state index is -4.09. The number of halogens is 1. The Morgan fingerprint density at radius 3 is 2.10 bits per heavy atom. The molecule has 0 aromatic heterocycles. The van der Waals surface area contributed by atoms with Crippen molar-refractivity contribution in [1.82, 2.24) is 10.2 Å². The van der Waals surface area contributed by atoms with Crippen molar-refractivity contribution in [2.24, 2.45) is 0 Å². The Labute approximate surface area is 246 Å². The first-order valence-electron chi connectivity index (χ1n) is 13.6. The number of benzene rings is 3. The summed E-state index contributed by atoms with van der Waals surface area (Å²) < 4.78 is 29.7. The predicted molar refractivity (Wildman–Crippen MR) is 164 cm³/mol. The van der Waals surface area contributed by atoms with E-state index in [9.17, 15) is 18.0 Å². The molecule has 9 heteroatoms. The number of rotatable bonds is 13. The third-order valence-corrected chi connectivity index (χ3v) is 9.19. The first-order valence-corrected chi connectivity index (χ1v) is 15.8. The van der Waals surface area contributed by atoms with Crippen LogP contribution < -0.4 is 9.62 Å². The molecule has 0 spiro atoms. The minimum absolute atomic E-state index is 0.0474. The number of carbonyl (C=O) groups is 2. The highest BCUT2D eigenvalue weighted by Gasteiger charge is 2.33. The zero-order chi connectivity index (χ0) is 29.3. The van der Waals surface area contributed by atoms with Gasteiger partial charge in [-0.25, -0.2) is 8.42 Å². The average Bonchev–Trinajstić information content (AvgIpc) is 2.95. The number of nitrogens with zero attached hydrogens (tertiary/aromatic N) is 2. The Morgan fingerprint density at radius 1 is 0.900 bits per heavy atom. The van der Waals surface area contributed by atoms with Crippen molar-refractivity contribution in [1.29, 1.82) is 0 Å². The van der Waals surface area contributed by atoms with Gasteiger partial charge in [-0.1, -0.05) is 77.8 Å². The lowest BCUT2D eigenvalue weighted by Gasteiger charge is -2.33. The number of anilines is 1. The summed E-state index contributed by atoms with van der Waals surface area (Å²) in [5.41, 5.74) is 2.31. The molecule has 0 bridgehead atoms. The summed E-state index contributed by atoms with van der Waals surface area (Å²) in [6.45, 7) is 7.47. The van der Waals surface area contributed by atoms with Crippen LogP contribution in [0.4, 0.5) is 5.69 Å². The topological polar surface area (TPSA) is 86.8 Å². The molecule has 3 rings (SSSR count). The van der Waals surface area contributed by atoms with Crippen molar-refractivity contribution >= 4 is 43.5 Å². The summed E-state index contributed by atoms with van der Waals surface area (Å²) in [5, 5.41) is 3.00. The van der Waals surface area contributed by atoms with Crippen LogP contribution in [0.1, 0.15) is 44.7 Å². The maximum atomic E-state index is 14.0. The Bertz CT molecular complexity index is 1360. The summed E-state index contributed by atoms with van der Waals surface area (Å²) in [6, 6.07) is 22.3. The summed E-state index contributed by atoms with van der Waals surface area (Å²) in [4.78, 5) is 29.0. The molecule has 40 heavy (non-hydrogen) atoms. The Balaban J connectivity index is 2.00. The highest BCUT2D eigenvalue weighted by molar-refractivity contribution is 9.10. The predicted octanol–water partition coefficient (Wildman–Crippen LogP) is 5.72. The summed E-state index contributed by atoms with van der Waals surface area (Å²) >= 11 is 3.40. The fourth-order valence-electron chi connectivity index (χ4n) is 4.31. The van der Waals surface area contributed by atoms with Crippen LogP contribution in [0.3, 0.4) is 0 Å². The van der Waals surface area contributed by atoms with E-state index in [1.54, 1.807) is 48.5 Å². The molecule has 3 aromatic carbocycles. The van der Waals surface area contributed by atoms with Gasteiger partial charge in [0.15, 0.2) is 0 Å². The average molecular weight is 629 g/mol. The highest BCUT2D eigenvalue weighted by Crippen LogP contribution is 2.26. The zero-order valence-corrected chi connectivity index (χ0v) is 25.9. The third-order valence-electron chi connectivity index (χ3n) is 6.87. The lowest BCUT2D eigenvalue weighted by atomic mass is 10.1. The van der Waals surface area contributed by atoms with E-state index in [-0.39, 0.29) is 23.4 Å². The van der Waals surface area contributed by atoms with Crippen molar-refractivity contribution in [2.45, 2.75) is 63.9 Å². The molecule has 7 nitrogen and oxygen atoms in total. The van der Waals surface area contributed by atoms with Gasteiger partial charge in [0.2, 0.25) is 11.8 Å². The van der Waals surface area contributed by atoms with Crippen molar-refractivity contribution < 1.29 is 18.0 Å². The number of hydrogen-bond acceptors (Lipinski definition) is 4. The van der Waals surface area contributed by atoms with E-state index in [1.807, 2.05) is 58.0 Å². The molecule has 0 radical (unpaired) electrons. The van der Waals surface area contributed by atoms with E-state index in [4.69, 9.17) is 0 Å². The smallest absolute Gasteiger partial charge is 0.264 e. The molecular formula is C31H38BrN3O4S. The van der Waals surface area contributed by atoms with Crippen LogP contribution in [-0.2, 0) is 26.0 Å². The van der Waals surface area contributed by atoms with Crippen molar-refractivity contribution in [3.63, 3.8) is 0 Å². The molecule has 0 fully saturated rings. The molecule has 1 N–H and O–H groups in total. The molecule has 2 atom stereocenters. The van der Waals surface area contributed by atoms with Crippen molar-refractivity contribution in [3.05, 3.63) is 94.5 Å². The third kappa shape index (κ3) is 8.17. The SMILES string of the molecule is CCC(C)NC(=O)C(CC)N(CCc1ccccc1)C(=O)CN(c1ccc(Br)cc1)S(=O)(=O)c1ccc(C)cc1. The van der Waals surface area contributed by atoms with Crippen LogP contribution in [-0.4, -0.2) is 50.3 Å². The summed E-state index contributed by atoms with van der Waals surface area (Å²) in [7, 11) is -4.09. The Kier molecular flexibility index (Phi) is 11.3. The fraction of sp³-hybridized carbons (Fsp3) is 0.355. The first kappa shape index (κ1) is 31.4. The van der Waals surface area contributed by atoms with Crippen LogP contribution in [0, 0.1) is 6.92 Å². The molecule has 0 aliphatic carbocycles. The van der Waals surface area contributed by atoms with Gasteiger partial charge in [0.1, 0.15) is 12.6 Å². The summed E-state index contributed by atoms with van der Waals surface area (Å²) in [5.74, 6) is -0.685. The van der Waals surface area contributed by atoms with Crippen LogP contribution in [0.5, 0.6) is 0 Å². The number of hydrogen-bond donors (Lipinski definition) is 1. The van der Waals surface area contributed by atoms with Gasteiger partial charge >= 0.3 is 0 Å². The van der Waals surface area contributed by atoms with Gasteiger partial charge in [0.25, 0.3) is 10.0 Å². The molecule has 2 amide bonds. The second-order valence-corrected chi connectivity index (χ2v) is 12.6. The second-order valence-electron chi connectivity index (χ2n) is 9.87. The van der Waals surface area contributed by atoms with E-state index >= 15 is 0 Å². The number of nitrogens with one attached hydrogen (secondary N) is 1. The van der Waals surface area contributed by atoms with E-state index in [0.29, 0.717) is 18.5 Å². The summed E-state index contributed by atoms with van der Waals surface area (Å²) in [6.07, 6.45) is 1.68. The Morgan fingerprint density at radius 2 is 1.52 bits per heavy atom. The maximum Gasteiger partial charge on any atom is 0.264 e. The standard InChI is InChI=1S/C31H38BrN3O4S/c1-5-24(4)33-31(37)29(6-2)34(21-20-25-10-8-7-9-11-25)30(36)22-35(27-16-14-26(32)15-17-27)40(38,39)28-18-12-23(3)13-19-28/h7-19,24,29H,5-6,20-22H2,1-4H3,(H,33,37). The maximum absolute atomic E-state index is 14.0. The molecule has 0 saturated carbocycles. The lowest BCUT2D eigenvalue weighted by molar-refractivity contribution is -0.139. The van der Waals surface area contributed by atoms with Gasteiger partial charge in [-0.15, -0.1) is 0 Å². The largest absolute Gasteiger partial charge is 0.352 e. The van der Waals surface area contributed by atoms with Gasteiger partial charge in [-0.2, -0.15) is 0 Å². The van der Waals surface area contributed by atoms with Crippen molar-refractivity contribution in [3.8, 4) is 0 Å². The number of amides is 2. The molecule has 2 unspecified atom stereocenters. The molecular weight excluding hydrogens is 590 g/mol. The normalized spacial score (nSPS) is 12.8. The zero-order valence-electron chi connectivity index (χ0n) is 23.5. The van der Waals surface area contributed by atoms with E-state index in [1.165, 1.54) is 4.90 Å². The van der Waals surface area contributed by atoms with Gasteiger partial charge in [-0.3, -0.25) is 13.9 Å². The van der Waals surface area contributed by atoms with Crippen LogP contribution >= 0.6 is 15.9 Å². The number of aryl methyl sites for hydroxylation is 1. The van der Waals surface area contributed by atoms with Crippen molar-refractivity contribution in [2.75, 3.05) is 17.4 Å². The van der Waals surface area contributed by atoms with E-state index in [2.05, 4.69) is 21.2 Å². The minimum Gasteiger partial charge on any atom is -0.352 e. The molecule has 3 aromatic rings. The molecule has 0 saturated heterocycles. The van der Waals surface area contributed by atoms with Crippen LogP contribution in [0.25, 0.3) is 0 Å². The van der Waals surface area contributed by atoms with Crippen LogP contribution in [0.15, 0.2) is 88.2 Å². The second kappa shape index (κ2) is 14.5. The Hall–Kier alpha value is -3.17. The molecule has 0 aliphatic rings. The van der Waals surface area contributed by atoms with Gasteiger partial charge in [-0.05, 0) is 75.1 Å². The first-order chi connectivity index (χ1) is 19.1. The van der Waals surface area contributed by atoms with E-state index in [0.717, 1.165) is 26.3 Å². The van der Waals surface area contributed by atoms with Gasteiger partial charge < -0.3 is 10.2 Å². The number of carbonyl (C=O) groups excluding carboxylic acids is 2. The van der Waals surface area contributed by atoms with Gasteiger partial charge in [0, 0.05) is 17.1 Å². The monoisotopic (exact) mass is 627 g/mol. The molecule has 0 heterocycles.